The largest absolute Gasteiger partial charge is 0.495 e. The molecular weight excluding hydrogens is 436 g/mol. The molecule has 27 heavy (non-hydrogen) atoms. The van der Waals surface area contributed by atoms with Crippen LogP contribution in [0.4, 0.5) is 17.2 Å². The number of rotatable bonds is 4. The molecule has 9 nitrogen and oxygen atoms in total. The van der Waals surface area contributed by atoms with Crippen molar-refractivity contribution in [2.45, 2.75) is 0 Å². The minimum atomic E-state index is -2.93. The lowest BCUT2D eigenvalue weighted by molar-refractivity contribution is 0.414. The average molecular weight is 453 g/mol. The fourth-order valence-corrected chi connectivity index (χ4v) is 4.56. The van der Waals surface area contributed by atoms with Gasteiger partial charge in [-0.05, 0) is 28.1 Å². The normalized spacial score (nSPS) is 16.4. The Bertz CT molecular complexity index is 1090. The van der Waals surface area contributed by atoms with E-state index < -0.39 is 9.84 Å². The molecule has 0 amide bonds. The highest BCUT2D eigenvalue weighted by Gasteiger charge is 2.23. The van der Waals surface area contributed by atoms with E-state index in [1.807, 2.05) is 23.1 Å². The maximum Gasteiger partial charge on any atom is 0.198 e. The van der Waals surface area contributed by atoms with E-state index in [-0.39, 0.29) is 11.5 Å². The molecule has 0 radical (unpaired) electrons. The predicted octanol–water partition coefficient (Wildman–Crippen LogP) is 1.87. The molecule has 0 atom stereocenters. The zero-order chi connectivity index (χ0) is 19.0. The first-order chi connectivity index (χ1) is 12.9. The molecule has 0 unspecified atom stereocenters. The van der Waals surface area contributed by atoms with Gasteiger partial charge in [0.05, 0.1) is 30.5 Å². The number of hydrogen-bond donors (Lipinski definition) is 1. The van der Waals surface area contributed by atoms with Gasteiger partial charge in [0.2, 0.25) is 0 Å². The summed E-state index contributed by atoms with van der Waals surface area (Å²) in [6, 6.07) is 5.67. The molecule has 2 aromatic heterocycles. The van der Waals surface area contributed by atoms with Crippen LogP contribution in [0.15, 0.2) is 35.3 Å². The topological polar surface area (TPSA) is 102 Å². The van der Waals surface area contributed by atoms with E-state index in [1.165, 1.54) is 6.33 Å². The minimum Gasteiger partial charge on any atom is -0.495 e. The summed E-state index contributed by atoms with van der Waals surface area (Å²) in [4.78, 5) is 10.7. The number of anilines is 3. The van der Waals surface area contributed by atoms with Crippen molar-refractivity contribution in [2.24, 2.45) is 0 Å². The van der Waals surface area contributed by atoms with Crippen molar-refractivity contribution in [3.63, 3.8) is 0 Å². The molecule has 1 fully saturated rings. The molecule has 1 N–H and O–H groups in total. The number of ether oxygens (including phenoxy) is 1. The van der Waals surface area contributed by atoms with E-state index in [0.29, 0.717) is 34.9 Å². The summed E-state index contributed by atoms with van der Waals surface area (Å²) >= 11 is 3.36. The second-order valence-electron chi connectivity index (χ2n) is 6.09. The Morgan fingerprint density at radius 1 is 1.26 bits per heavy atom. The second-order valence-corrected chi connectivity index (χ2v) is 9.21. The van der Waals surface area contributed by atoms with Crippen LogP contribution in [0.2, 0.25) is 0 Å². The number of sulfone groups is 1. The van der Waals surface area contributed by atoms with Gasteiger partial charge in [0.15, 0.2) is 21.3 Å². The molecule has 1 saturated heterocycles. The Morgan fingerprint density at radius 3 is 2.78 bits per heavy atom. The van der Waals surface area contributed by atoms with Crippen LogP contribution < -0.4 is 15.0 Å². The Hall–Kier alpha value is -2.40. The Morgan fingerprint density at radius 2 is 2.04 bits per heavy atom. The van der Waals surface area contributed by atoms with Crippen molar-refractivity contribution >= 4 is 48.6 Å². The molecule has 0 aliphatic carbocycles. The Kier molecular flexibility index (Phi) is 4.64. The van der Waals surface area contributed by atoms with Gasteiger partial charge in [-0.25, -0.2) is 22.9 Å². The summed E-state index contributed by atoms with van der Waals surface area (Å²) in [5, 5.41) is 7.35. The van der Waals surface area contributed by atoms with Crippen molar-refractivity contribution < 1.29 is 13.2 Å². The number of benzene rings is 1. The zero-order valence-corrected chi connectivity index (χ0v) is 16.9. The SMILES string of the molecule is COc1cc(Nc2nc(Br)cn3ncnc23)ccc1N1CCS(=O)(=O)CC1. The van der Waals surface area contributed by atoms with Crippen molar-refractivity contribution in [2.75, 3.05) is 41.9 Å². The first kappa shape index (κ1) is 18.0. The molecule has 0 saturated carbocycles. The third kappa shape index (κ3) is 3.69. The van der Waals surface area contributed by atoms with Gasteiger partial charge in [0.1, 0.15) is 16.7 Å². The highest BCUT2D eigenvalue weighted by atomic mass is 79.9. The minimum absolute atomic E-state index is 0.156. The molecule has 0 bridgehead atoms. The number of fused-ring (bicyclic) bond motifs is 1. The van der Waals surface area contributed by atoms with E-state index in [0.717, 1.165) is 11.4 Å². The lowest BCUT2D eigenvalue weighted by Crippen LogP contribution is -2.40. The van der Waals surface area contributed by atoms with Crippen molar-refractivity contribution in [3.05, 3.63) is 35.3 Å². The first-order valence-corrected chi connectivity index (χ1v) is 10.8. The Balaban J connectivity index is 1.62. The number of nitrogens with zero attached hydrogens (tertiary/aromatic N) is 5. The van der Waals surface area contributed by atoms with Gasteiger partial charge in [-0.3, -0.25) is 0 Å². The molecule has 1 aliphatic rings. The number of halogens is 1. The molecule has 3 heterocycles. The molecule has 1 aromatic carbocycles. The number of nitrogens with one attached hydrogen (secondary N) is 1. The van der Waals surface area contributed by atoms with Gasteiger partial charge in [0, 0.05) is 24.8 Å². The monoisotopic (exact) mass is 452 g/mol. The van der Waals surface area contributed by atoms with Gasteiger partial charge >= 0.3 is 0 Å². The molecular formula is C16H17BrN6O3S. The standard InChI is InChI=1S/C16H17BrN6O3S/c1-26-13-8-11(2-3-12(13)22-4-6-27(24,25)7-5-22)20-15-16-18-10-19-23(16)9-14(17)21-15/h2-3,8-10H,4-7H2,1H3,(H,20,21). The van der Waals surface area contributed by atoms with Crippen LogP contribution in [0.1, 0.15) is 0 Å². The molecule has 142 valence electrons. The summed E-state index contributed by atoms with van der Waals surface area (Å²) in [6.07, 6.45) is 3.18. The maximum absolute atomic E-state index is 11.7. The summed E-state index contributed by atoms with van der Waals surface area (Å²) in [5.41, 5.74) is 2.24. The molecule has 0 spiro atoms. The summed E-state index contributed by atoms with van der Waals surface area (Å²) in [7, 11) is -1.34. The fraction of sp³-hybridized carbons (Fsp3) is 0.312. The smallest absolute Gasteiger partial charge is 0.198 e. The quantitative estimate of drug-likeness (QED) is 0.639. The number of hydrogen-bond acceptors (Lipinski definition) is 8. The van der Waals surface area contributed by atoms with Crippen LogP contribution in [0.5, 0.6) is 5.75 Å². The maximum atomic E-state index is 11.7. The van der Waals surface area contributed by atoms with Crippen molar-refractivity contribution in [3.8, 4) is 5.75 Å². The predicted molar refractivity (Wildman–Crippen MR) is 106 cm³/mol. The van der Waals surface area contributed by atoms with Gasteiger partial charge in [-0.15, -0.1) is 0 Å². The van der Waals surface area contributed by atoms with E-state index in [9.17, 15) is 8.42 Å². The zero-order valence-electron chi connectivity index (χ0n) is 14.5. The average Bonchev–Trinajstić information content (AvgIpc) is 3.10. The van der Waals surface area contributed by atoms with Crippen molar-refractivity contribution in [1.82, 2.24) is 19.6 Å². The Labute approximate surface area is 164 Å². The second kappa shape index (κ2) is 6.97. The van der Waals surface area contributed by atoms with Gasteiger partial charge in [-0.2, -0.15) is 5.10 Å². The summed E-state index contributed by atoms with van der Waals surface area (Å²) in [5.74, 6) is 1.53. The van der Waals surface area contributed by atoms with Crippen LogP contribution in [-0.4, -0.2) is 59.7 Å². The highest BCUT2D eigenvalue weighted by molar-refractivity contribution is 9.10. The number of methoxy groups -OCH3 is 1. The third-order valence-corrected chi connectivity index (χ3v) is 6.35. The van der Waals surface area contributed by atoms with Gasteiger partial charge in [0.25, 0.3) is 0 Å². The van der Waals surface area contributed by atoms with Gasteiger partial charge in [-0.1, -0.05) is 0 Å². The lowest BCUT2D eigenvalue weighted by atomic mass is 10.2. The van der Waals surface area contributed by atoms with Crippen LogP contribution in [0, 0.1) is 0 Å². The molecule has 3 aromatic rings. The summed E-state index contributed by atoms with van der Waals surface area (Å²) in [6.45, 7) is 0.915. The van der Waals surface area contributed by atoms with Crippen LogP contribution in [0.25, 0.3) is 5.65 Å². The third-order valence-electron chi connectivity index (χ3n) is 4.36. The van der Waals surface area contributed by atoms with Crippen molar-refractivity contribution in [1.29, 1.82) is 0 Å². The van der Waals surface area contributed by atoms with E-state index in [1.54, 1.807) is 17.8 Å². The highest BCUT2D eigenvalue weighted by Crippen LogP contribution is 2.33. The van der Waals surface area contributed by atoms with E-state index in [2.05, 4.69) is 36.3 Å². The van der Waals surface area contributed by atoms with E-state index in [4.69, 9.17) is 4.74 Å². The van der Waals surface area contributed by atoms with E-state index >= 15 is 0 Å². The first-order valence-electron chi connectivity index (χ1n) is 8.21. The molecule has 4 rings (SSSR count). The lowest BCUT2D eigenvalue weighted by Gasteiger charge is -2.30. The van der Waals surface area contributed by atoms with Crippen LogP contribution in [0.3, 0.4) is 0 Å². The summed E-state index contributed by atoms with van der Waals surface area (Å²) < 4.78 is 31.1. The molecule has 11 heteroatoms. The van der Waals surface area contributed by atoms with Gasteiger partial charge < -0.3 is 15.0 Å². The number of aromatic nitrogens is 4. The van der Waals surface area contributed by atoms with Crippen LogP contribution >= 0.6 is 15.9 Å². The molecule has 1 aliphatic heterocycles. The fourth-order valence-electron chi connectivity index (χ4n) is 2.99. The van der Waals surface area contributed by atoms with Crippen LogP contribution in [-0.2, 0) is 9.84 Å².